The minimum atomic E-state index is -4.74. The first kappa shape index (κ1) is 79.4. The zero-order chi connectivity index (χ0) is 73.3. The van der Waals surface area contributed by atoms with Crippen LogP contribution >= 0.6 is 0 Å². The molecule has 8 atom stereocenters. The normalized spacial score (nSPS) is 21.3. The lowest BCUT2D eigenvalue weighted by Crippen LogP contribution is -2.55. The molecule has 26 nitrogen and oxygen atoms in total. The van der Waals surface area contributed by atoms with E-state index in [2.05, 4.69) is 30.3 Å². The van der Waals surface area contributed by atoms with Gasteiger partial charge in [-0.25, -0.2) is 28.8 Å². The van der Waals surface area contributed by atoms with Gasteiger partial charge in [-0.05, 0) is 85.5 Å². The molecule has 0 spiro atoms. The molecule has 0 unspecified atom stereocenters. The van der Waals surface area contributed by atoms with Crippen LogP contribution in [0.4, 0.5) is 47.3 Å². The van der Waals surface area contributed by atoms with Crippen LogP contribution in [0.5, 0.6) is 0 Å². The van der Waals surface area contributed by atoms with Crippen LogP contribution < -0.4 is 10.6 Å². The van der Waals surface area contributed by atoms with Gasteiger partial charge in [0.15, 0.2) is 37.6 Å². The first-order valence-corrected chi connectivity index (χ1v) is 31.8. The van der Waals surface area contributed by atoms with Crippen LogP contribution in [0.25, 0.3) is 0 Å². The summed E-state index contributed by atoms with van der Waals surface area (Å²) in [4.78, 5) is 146. The number of hydrogen-bond donors (Lipinski definition) is 2. The maximum absolute atomic E-state index is 15.1. The number of esters is 4. The number of anilines is 2. The molecular formula is C66H88F6N10O16. The standard InChI is InChI=1S/C66H88F6N10O16/c1-37(2)23-49-59(87)95-41(9)55(83)77(11)52(26-40(7)8)62(90)98-54(28-44-17-21-46(22-18-44)32-82-34-48(30-74-82)76-64(92)94-36-66(70,71)72)58(86)80(14)50(24-38(3)4)60(88)96-42(10)56(84)78(12)51(25-39(5)6)61(89)97-53(57(85)79(49)13)27-43-15-19-45(20-16-43)31-81-33-47(29-73-81)75-63(91)93-35-65(67,68)69/h15-22,29-30,33-34,37-42,49-54H,23-28,31-32,35-36H2,1-14H3,(H,75,91)(H,76,92)/t41-,42-,49+,50+,51+,52+,53-,54-/m1/s1. The third-order valence-corrected chi connectivity index (χ3v) is 15.5. The second-order valence-electron chi connectivity index (χ2n) is 25.9. The number of alkyl halides is 6. The van der Waals surface area contributed by atoms with E-state index in [-0.39, 0.29) is 86.7 Å². The van der Waals surface area contributed by atoms with Crippen LogP contribution in [0.1, 0.15) is 117 Å². The van der Waals surface area contributed by atoms with Gasteiger partial charge in [0.1, 0.15) is 24.2 Å². The number of carbonyl (C=O) groups is 10. The largest absolute Gasteiger partial charge is 0.451 e. The molecule has 32 heteroatoms. The van der Waals surface area contributed by atoms with Crippen LogP contribution in [0.3, 0.4) is 0 Å². The highest BCUT2D eigenvalue weighted by molar-refractivity contribution is 5.94. The summed E-state index contributed by atoms with van der Waals surface area (Å²) in [6.45, 7) is 13.3. The molecule has 540 valence electrons. The first-order valence-electron chi connectivity index (χ1n) is 31.8. The highest BCUT2D eigenvalue weighted by Crippen LogP contribution is 2.26. The summed E-state index contributed by atoms with van der Waals surface area (Å²) in [5, 5.41) is 12.6. The SMILES string of the molecule is CC(C)C[C@H]1C(=O)O[C@H](Cc2ccc(Cn3cc(NC(=O)OCC(F)(F)F)cn3)cc2)C(=O)N(C)[C@@H](CC(C)C)C(=O)O[C@H](C)C(=O)N(C)[C@@H](CC(C)C)C(=O)O[C@H](Cc2ccc(Cn3cc(NC(=O)OCC(F)(F)F)cn3)cc2)C(=O)N(C)[C@@H](CC(C)C)C(=O)O[C@H](C)C(=O)N1C. The second-order valence-corrected chi connectivity index (χ2v) is 25.9. The number of benzene rings is 2. The highest BCUT2D eigenvalue weighted by Gasteiger charge is 2.43. The van der Waals surface area contributed by atoms with E-state index < -0.39 is 134 Å². The van der Waals surface area contributed by atoms with Gasteiger partial charge < -0.3 is 48.0 Å². The summed E-state index contributed by atoms with van der Waals surface area (Å²) in [5.74, 6) is -8.90. The minimum absolute atomic E-state index is 0.0368. The summed E-state index contributed by atoms with van der Waals surface area (Å²) >= 11 is 0. The first-order chi connectivity index (χ1) is 45.7. The molecule has 5 rings (SSSR count). The molecule has 1 fully saturated rings. The molecule has 4 aromatic rings. The Morgan fingerprint density at radius 1 is 0.449 bits per heavy atom. The maximum Gasteiger partial charge on any atom is 0.422 e. The number of likely N-dealkylation sites (N-methyl/N-ethyl adjacent to an activating group) is 4. The Balaban J connectivity index is 1.52. The number of nitrogens with zero attached hydrogens (tertiary/aromatic N) is 8. The molecule has 0 aliphatic carbocycles. The smallest absolute Gasteiger partial charge is 0.422 e. The van der Waals surface area contributed by atoms with Gasteiger partial charge in [-0.2, -0.15) is 36.5 Å². The van der Waals surface area contributed by atoms with Crippen LogP contribution in [0, 0.1) is 23.7 Å². The topological polar surface area (TPSA) is 299 Å². The molecule has 1 aliphatic heterocycles. The van der Waals surface area contributed by atoms with Crippen LogP contribution in [-0.4, -0.2) is 201 Å². The molecular weight excluding hydrogens is 1300 g/mol. The van der Waals surface area contributed by atoms with E-state index in [1.54, 1.807) is 104 Å². The lowest BCUT2D eigenvalue weighted by molar-refractivity contribution is -0.176. The number of halogens is 6. The van der Waals surface area contributed by atoms with Gasteiger partial charge >= 0.3 is 48.4 Å². The fraction of sp³-hybridized carbons (Fsp3) is 0.576. The van der Waals surface area contributed by atoms with Crippen molar-refractivity contribution in [3.8, 4) is 0 Å². The van der Waals surface area contributed by atoms with E-state index in [0.29, 0.717) is 22.3 Å². The Bertz CT molecular complexity index is 3160. The summed E-state index contributed by atoms with van der Waals surface area (Å²) < 4.78 is 111. The van der Waals surface area contributed by atoms with E-state index in [1.165, 1.54) is 76.2 Å². The molecule has 1 aliphatic rings. The fourth-order valence-corrected chi connectivity index (χ4v) is 10.5. The number of ether oxygens (including phenoxy) is 6. The predicted molar refractivity (Wildman–Crippen MR) is 340 cm³/mol. The van der Waals surface area contributed by atoms with Crippen molar-refractivity contribution >= 4 is 71.1 Å². The van der Waals surface area contributed by atoms with Crippen molar-refractivity contribution in [1.82, 2.24) is 39.2 Å². The Morgan fingerprint density at radius 2 is 0.714 bits per heavy atom. The lowest BCUT2D eigenvalue weighted by Gasteiger charge is -2.35. The van der Waals surface area contributed by atoms with Crippen molar-refractivity contribution in [3.63, 3.8) is 0 Å². The van der Waals surface area contributed by atoms with Crippen molar-refractivity contribution in [2.24, 2.45) is 23.7 Å². The van der Waals surface area contributed by atoms with E-state index in [4.69, 9.17) is 18.9 Å². The van der Waals surface area contributed by atoms with Crippen molar-refractivity contribution in [3.05, 3.63) is 95.6 Å². The van der Waals surface area contributed by atoms with Crippen LogP contribution in [0.15, 0.2) is 73.3 Å². The lowest BCUT2D eigenvalue weighted by atomic mass is 9.99. The van der Waals surface area contributed by atoms with E-state index in [1.807, 2.05) is 0 Å². The van der Waals surface area contributed by atoms with Crippen molar-refractivity contribution < 1.29 is 103 Å². The third-order valence-electron chi connectivity index (χ3n) is 15.5. The van der Waals surface area contributed by atoms with Gasteiger partial charge in [0.05, 0.1) is 36.9 Å². The summed E-state index contributed by atoms with van der Waals surface area (Å²) in [6, 6.07) is 7.39. The van der Waals surface area contributed by atoms with Crippen molar-refractivity contribution in [1.29, 1.82) is 0 Å². The molecule has 0 bridgehead atoms. The van der Waals surface area contributed by atoms with E-state index in [9.17, 15) is 64.7 Å². The van der Waals surface area contributed by atoms with Gasteiger partial charge in [-0.1, -0.05) is 104 Å². The number of rotatable bonds is 20. The quantitative estimate of drug-likeness (QED) is 0.0477. The maximum atomic E-state index is 15.1. The molecule has 0 radical (unpaired) electrons. The zero-order valence-electron chi connectivity index (χ0n) is 57.3. The Morgan fingerprint density at radius 3 is 0.990 bits per heavy atom. The summed E-state index contributed by atoms with van der Waals surface area (Å²) in [6.07, 6.45) is -14.5. The Kier molecular flexibility index (Phi) is 28.6. The predicted octanol–water partition coefficient (Wildman–Crippen LogP) is 8.38. The molecule has 98 heavy (non-hydrogen) atoms. The number of aromatic nitrogens is 4. The average molecular weight is 1390 g/mol. The van der Waals surface area contributed by atoms with Crippen molar-refractivity contribution in [2.75, 3.05) is 52.0 Å². The number of amides is 6. The van der Waals surface area contributed by atoms with Crippen molar-refractivity contribution in [2.45, 2.75) is 182 Å². The number of hydrogen-bond acceptors (Lipinski definition) is 18. The number of cyclic esters (lactones) is 4. The van der Waals surface area contributed by atoms with Gasteiger partial charge in [0.2, 0.25) is 0 Å². The zero-order valence-corrected chi connectivity index (χ0v) is 57.3. The van der Waals surface area contributed by atoms with Gasteiger partial charge in [0.25, 0.3) is 23.6 Å². The number of carbonyl (C=O) groups excluding carboxylic acids is 10. The molecule has 6 amide bonds. The monoisotopic (exact) mass is 1390 g/mol. The van der Waals surface area contributed by atoms with Gasteiger partial charge in [0, 0.05) is 53.4 Å². The fourth-order valence-electron chi connectivity index (χ4n) is 10.5. The van der Waals surface area contributed by atoms with E-state index >= 15 is 9.59 Å². The second kappa shape index (κ2) is 35.3. The average Bonchev–Trinajstić information content (AvgIpc) is 1.06. The van der Waals surface area contributed by atoms with E-state index in [0.717, 1.165) is 19.6 Å². The molecule has 3 heterocycles. The Labute approximate surface area is 564 Å². The summed E-state index contributed by atoms with van der Waals surface area (Å²) in [5.41, 5.74) is 2.18. The Hall–Kier alpha value is -9.26. The van der Waals surface area contributed by atoms with Crippen LogP contribution in [-0.2, 0) is 92.7 Å². The minimum Gasteiger partial charge on any atom is -0.451 e. The number of nitrogens with one attached hydrogen (secondary N) is 2. The molecule has 2 N–H and O–H groups in total. The van der Waals surface area contributed by atoms with Gasteiger partial charge in [-0.3, -0.25) is 39.2 Å². The molecule has 0 saturated carbocycles. The molecule has 2 aromatic carbocycles. The summed E-state index contributed by atoms with van der Waals surface area (Å²) in [7, 11) is 5.17. The highest BCUT2D eigenvalue weighted by atomic mass is 19.4. The van der Waals surface area contributed by atoms with Crippen LogP contribution in [0.2, 0.25) is 0 Å². The third kappa shape index (κ3) is 24.7. The van der Waals surface area contributed by atoms with Gasteiger partial charge in [-0.15, -0.1) is 0 Å². The molecule has 1 saturated heterocycles. The molecule has 2 aromatic heterocycles.